The zero-order valence-corrected chi connectivity index (χ0v) is 10.9. The molecule has 3 rings (SSSR count). The molecular weight excluding hydrogens is 254 g/mol. The Morgan fingerprint density at radius 2 is 2.05 bits per heavy atom. The Kier molecular flexibility index (Phi) is 3.30. The molecule has 0 aliphatic heterocycles. The van der Waals surface area contributed by atoms with Gasteiger partial charge in [-0.3, -0.25) is 0 Å². The van der Waals surface area contributed by atoms with Crippen molar-refractivity contribution in [3.05, 3.63) is 36.3 Å². The molecule has 3 heterocycles. The number of nitrogens with one attached hydrogen (secondary N) is 1. The topological polar surface area (TPSA) is 101 Å². The molecule has 0 saturated heterocycles. The number of hydrogen-bond acceptors (Lipinski definition) is 5. The van der Waals surface area contributed by atoms with Gasteiger partial charge in [0.2, 0.25) is 5.95 Å². The average Bonchev–Trinajstić information content (AvgIpc) is 2.89. The number of aliphatic hydroxyl groups excluding tert-OH is 1. The van der Waals surface area contributed by atoms with E-state index < -0.39 is 0 Å². The molecule has 0 unspecified atom stereocenters. The van der Waals surface area contributed by atoms with E-state index in [-0.39, 0.29) is 12.6 Å². The van der Waals surface area contributed by atoms with Crippen molar-refractivity contribution in [2.75, 3.05) is 12.3 Å². The predicted octanol–water partition coefficient (Wildman–Crippen LogP) is 1.53. The zero-order chi connectivity index (χ0) is 13.9. The molecule has 0 fully saturated rings. The second kappa shape index (κ2) is 5.26. The summed E-state index contributed by atoms with van der Waals surface area (Å²) in [6.07, 6.45) is 6.79. The van der Waals surface area contributed by atoms with Crippen molar-refractivity contribution in [1.29, 1.82) is 0 Å². The molecule has 0 spiro atoms. The molecule has 20 heavy (non-hydrogen) atoms. The Labute approximate surface area is 115 Å². The lowest BCUT2D eigenvalue weighted by atomic mass is 10.0. The third kappa shape index (κ3) is 2.21. The third-order valence-corrected chi connectivity index (χ3v) is 3.21. The van der Waals surface area contributed by atoms with E-state index in [2.05, 4.69) is 19.9 Å². The normalized spacial score (nSPS) is 11.1. The van der Waals surface area contributed by atoms with Gasteiger partial charge in [0.1, 0.15) is 5.65 Å². The molecule has 0 aliphatic rings. The van der Waals surface area contributed by atoms with Crippen molar-refractivity contribution in [2.24, 2.45) is 0 Å². The second-order valence-electron chi connectivity index (χ2n) is 4.52. The van der Waals surface area contributed by atoms with E-state index in [9.17, 15) is 0 Å². The number of aliphatic hydroxyl groups is 1. The highest BCUT2D eigenvalue weighted by atomic mass is 16.2. The lowest BCUT2D eigenvalue weighted by Gasteiger charge is -2.05. The largest absolute Gasteiger partial charge is 0.396 e. The number of pyridine rings is 1. The maximum Gasteiger partial charge on any atom is 0.220 e. The molecule has 0 aromatic carbocycles. The van der Waals surface area contributed by atoms with Crippen LogP contribution in [0.25, 0.3) is 22.3 Å². The monoisotopic (exact) mass is 269 g/mol. The third-order valence-electron chi connectivity index (χ3n) is 3.21. The number of hydrogen-bond donors (Lipinski definition) is 3. The van der Waals surface area contributed by atoms with Crippen molar-refractivity contribution in [3.63, 3.8) is 0 Å². The first-order valence-electron chi connectivity index (χ1n) is 6.44. The highest BCUT2D eigenvalue weighted by molar-refractivity contribution is 5.95. The minimum absolute atomic E-state index is 0.171. The van der Waals surface area contributed by atoms with Gasteiger partial charge in [0.25, 0.3) is 0 Å². The highest BCUT2D eigenvalue weighted by Crippen LogP contribution is 2.29. The van der Waals surface area contributed by atoms with E-state index in [1.165, 1.54) is 0 Å². The fourth-order valence-corrected chi connectivity index (χ4v) is 2.33. The van der Waals surface area contributed by atoms with Crippen LogP contribution in [0, 0.1) is 0 Å². The lowest BCUT2D eigenvalue weighted by molar-refractivity contribution is 0.289. The summed E-state index contributed by atoms with van der Waals surface area (Å²) in [6, 6.07) is 3.79. The van der Waals surface area contributed by atoms with Gasteiger partial charge in [-0.1, -0.05) is 0 Å². The van der Waals surface area contributed by atoms with Crippen LogP contribution < -0.4 is 5.73 Å². The molecule has 4 N–H and O–H groups in total. The van der Waals surface area contributed by atoms with Gasteiger partial charge in [0.15, 0.2) is 0 Å². The molecule has 3 aromatic rings. The van der Waals surface area contributed by atoms with Gasteiger partial charge < -0.3 is 15.8 Å². The first kappa shape index (κ1) is 12.6. The number of nitrogens with two attached hydrogens (primary N) is 1. The number of nitrogens with zero attached hydrogens (tertiary/aromatic N) is 3. The molecule has 0 radical (unpaired) electrons. The van der Waals surface area contributed by atoms with Crippen LogP contribution in [0.3, 0.4) is 0 Å². The van der Waals surface area contributed by atoms with Crippen molar-refractivity contribution in [3.8, 4) is 11.3 Å². The number of anilines is 1. The summed E-state index contributed by atoms with van der Waals surface area (Å²) in [6.45, 7) is 0.171. The van der Waals surface area contributed by atoms with Gasteiger partial charge in [-0.2, -0.15) is 0 Å². The summed E-state index contributed by atoms with van der Waals surface area (Å²) in [5.74, 6) is 0.248. The number of aryl methyl sites for hydroxylation is 1. The summed E-state index contributed by atoms with van der Waals surface area (Å²) >= 11 is 0. The molecule has 3 aromatic heterocycles. The molecule has 6 heteroatoms. The lowest BCUT2D eigenvalue weighted by Crippen LogP contribution is -1.96. The van der Waals surface area contributed by atoms with Gasteiger partial charge in [0.05, 0.1) is 5.69 Å². The first-order valence-corrected chi connectivity index (χ1v) is 6.44. The van der Waals surface area contributed by atoms with E-state index in [4.69, 9.17) is 10.8 Å². The number of fused-ring (bicyclic) bond motifs is 1. The van der Waals surface area contributed by atoms with Crippen LogP contribution in [-0.2, 0) is 6.42 Å². The van der Waals surface area contributed by atoms with Gasteiger partial charge in [-0.05, 0) is 30.5 Å². The average molecular weight is 269 g/mol. The second-order valence-corrected chi connectivity index (χ2v) is 4.52. The van der Waals surface area contributed by atoms with Crippen molar-refractivity contribution >= 4 is 17.0 Å². The zero-order valence-electron chi connectivity index (χ0n) is 10.9. The molecular formula is C14H15N5O. The van der Waals surface area contributed by atoms with Crippen molar-refractivity contribution in [1.82, 2.24) is 19.9 Å². The molecule has 0 amide bonds. The number of H-pyrrole nitrogens is 1. The summed E-state index contributed by atoms with van der Waals surface area (Å²) in [7, 11) is 0. The standard InChI is InChI=1S/C14H15N5O/c15-14-17-6-4-11(19-14)10-8-18-13-12(10)9(2-1-7-20)3-5-16-13/h3-6,8,20H,1-2,7H2,(H,16,18)(H2,15,17,19). The summed E-state index contributed by atoms with van der Waals surface area (Å²) < 4.78 is 0. The van der Waals surface area contributed by atoms with Crippen LogP contribution >= 0.6 is 0 Å². The molecule has 0 bridgehead atoms. The first-order chi connectivity index (χ1) is 9.79. The summed E-state index contributed by atoms with van der Waals surface area (Å²) in [5.41, 5.74) is 9.31. The van der Waals surface area contributed by atoms with E-state index in [0.717, 1.165) is 40.7 Å². The van der Waals surface area contributed by atoms with Crippen LogP contribution in [0.5, 0.6) is 0 Å². The molecule has 0 aliphatic carbocycles. The Bertz CT molecular complexity index is 737. The van der Waals surface area contributed by atoms with Crippen LogP contribution in [0.2, 0.25) is 0 Å². The Morgan fingerprint density at radius 1 is 1.20 bits per heavy atom. The fourth-order valence-electron chi connectivity index (χ4n) is 2.33. The number of aromatic amines is 1. The van der Waals surface area contributed by atoms with E-state index in [1.807, 2.05) is 18.3 Å². The van der Waals surface area contributed by atoms with Crippen LogP contribution in [-0.4, -0.2) is 31.6 Å². The maximum absolute atomic E-state index is 9.01. The number of rotatable bonds is 4. The number of nitrogen functional groups attached to an aromatic ring is 1. The minimum atomic E-state index is 0.171. The number of aromatic nitrogens is 4. The Hall–Kier alpha value is -2.47. The fraction of sp³-hybridized carbons (Fsp3) is 0.214. The highest BCUT2D eigenvalue weighted by Gasteiger charge is 2.12. The van der Waals surface area contributed by atoms with E-state index in [1.54, 1.807) is 12.4 Å². The summed E-state index contributed by atoms with van der Waals surface area (Å²) in [4.78, 5) is 15.6. The van der Waals surface area contributed by atoms with E-state index >= 15 is 0 Å². The predicted molar refractivity (Wildman–Crippen MR) is 76.9 cm³/mol. The smallest absolute Gasteiger partial charge is 0.220 e. The quantitative estimate of drug-likeness (QED) is 0.666. The Morgan fingerprint density at radius 3 is 2.85 bits per heavy atom. The maximum atomic E-state index is 9.01. The van der Waals surface area contributed by atoms with Crippen LogP contribution in [0.1, 0.15) is 12.0 Å². The molecule has 0 atom stereocenters. The van der Waals surface area contributed by atoms with Crippen molar-refractivity contribution in [2.45, 2.75) is 12.8 Å². The van der Waals surface area contributed by atoms with Gasteiger partial charge in [-0.15, -0.1) is 0 Å². The van der Waals surface area contributed by atoms with Gasteiger partial charge in [0, 0.05) is 36.1 Å². The molecule has 6 nitrogen and oxygen atoms in total. The van der Waals surface area contributed by atoms with E-state index in [0.29, 0.717) is 0 Å². The SMILES string of the molecule is Nc1nccc(-c2c[nH]c3nccc(CCCO)c23)n1. The Balaban J connectivity index is 2.16. The van der Waals surface area contributed by atoms with Gasteiger partial charge >= 0.3 is 0 Å². The minimum Gasteiger partial charge on any atom is -0.396 e. The molecule has 0 saturated carbocycles. The molecule has 102 valence electrons. The summed E-state index contributed by atoms with van der Waals surface area (Å²) in [5, 5.41) is 10.0. The van der Waals surface area contributed by atoms with Crippen LogP contribution in [0.15, 0.2) is 30.7 Å². The van der Waals surface area contributed by atoms with Crippen molar-refractivity contribution < 1.29 is 5.11 Å². The van der Waals surface area contributed by atoms with Gasteiger partial charge in [-0.25, -0.2) is 15.0 Å². The van der Waals surface area contributed by atoms with Crippen LogP contribution in [0.4, 0.5) is 5.95 Å².